The number of amides is 1. The number of hydrogen-bond donors (Lipinski definition) is 1. The van der Waals surface area contributed by atoms with Crippen LogP contribution in [0.25, 0.3) is 0 Å². The Bertz CT molecular complexity index is 286. The molecular formula is C14H27N3O2. The van der Waals surface area contributed by atoms with Crippen LogP contribution in [0.15, 0.2) is 0 Å². The van der Waals surface area contributed by atoms with Gasteiger partial charge in [0.1, 0.15) is 0 Å². The van der Waals surface area contributed by atoms with Crippen molar-refractivity contribution in [2.45, 2.75) is 38.3 Å². The predicted octanol–water partition coefficient (Wildman–Crippen LogP) is 0.308. The van der Waals surface area contributed by atoms with Gasteiger partial charge in [-0.3, -0.25) is 9.69 Å². The van der Waals surface area contributed by atoms with Gasteiger partial charge in [-0.2, -0.15) is 0 Å². The van der Waals surface area contributed by atoms with E-state index in [1.54, 1.807) is 0 Å². The molecule has 2 saturated heterocycles. The Hall–Kier alpha value is -0.650. The molecule has 0 bridgehead atoms. The number of carbonyl (C=O) groups excluding carboxylic acids is 1. The third kappa shape index (κ3) is 4.16. The van der Waals surface area contributed by atoms with Gasteiger partial charge < -0.3 is 15.0 Å². The summed E-state index contributed by atoms with van der Waals surface area (Å²) in [6.07, 6.45) is 3.70. The van der Waals surface area contributed by atoms with Gasteiger partial charge >= 0.3 is 0 Å². The fourth-order valence-corrected chi connectivity index (χ4v) is 2.89. The number of piperazine rings is 1. The Kier molecular flexibility index (Phi) is 5.60. The van der Waals surface area contributed by atoms with Crippen LogP contribution in [0.5, 0.6) is 0 Å². The molecule has 2 heterocycles. The predicted molar refractivity (Wildman–Crippen MR) is 75.1 cm³/mol. The third-order valence-electron chi connectivity index (χ3n) is 4.18. The first-order valence-electron chi connectivity index (χ1n) is 7.50. The number of carbonyl (C=O) groups is 1. The second kappa shape index (κ2) is 7.22. The normalized spacial score (nSPS) is 26.9. The summed E-state index contributed by atoms with van der Waals surface area (Å²) in [5.74, 6) is 0.219. The zero-order valence-electron chi connectivity index (χ0n) is 12.2. The van der Waals surface area contributed by atoms with Crippen LogP contribution in [-0.4, -0.2) is 74.2 Å². The fourth-order valence-electron chi connectivity index (χ4n) is 2.89. The summed E-state index contributed by atoms with van der Waals surface area (Å²) in [4.78, 5) is 16.5. The molecule has 1 amide bonds. The fraction of sp³-hybridized carbons (Fsp3) is 0.929. The van der Waals surface area contributed by atoms with Gasteiger partial charge in [0, 0.05) is 46.4 Å². The zero-order valence-corrected chi connectivity index (χ0v) is 12.2. The molecule has 19 heavy (non-hydrogen) atoms. The second-order valence-corrected chi connectivity index (χ2v) is 5.67. The van der Waals surface area contributed by atoms with Crippen LogP contribution in [0.1, 0.15) is 26.2 Å². The summed E-state index contributed by atoms with van der Waals surface area (Å²) in [6, 6.07) is -0.0179. The number of nitrogens with one attached hydrogen (secondary N) is 1. The molecule has 2 aliphatic rings. The quantitative estimate of drug-likeness (QED) is 0.798. The highest BCUT2D eigenvalue weighted by Crippen LogP contribution is 2.14. The first-order chi connectivity index (χ1) is 9.18. The molecule has 2 fully saturated rings. The molecule has 2 unspecified atom stereocenters. The number of nitrogens with zero attached hydrogens (tertiary/aromatic N) is 2. The van der Waals surface area contributed by atoms with Gasteiger partial charge in [-0.05, 0) is 26.2 Å². The summed E-state index contributed by atoms with van der Waals surface area (Å²) in [5.41, 5.74) is 0. The van der Waals surface area contributed by atoms with E-state index in [1.165, 1.54) is 6.42 Å². The lowest BCUT2D eigenvalue weighted by Gasteiger charge is -2.35. The second-order valence-electron chi connectivity index (χ2n) is 5.67. The molecule has 0 spiro atoms. The van der Waals surface area contributed by atoms with Gasteiger partial charge in [0.25, 0.3) is 0 Å². The van der Waals surface area contributed by atoms with E-state index in [-0.39, 0.29) is 18.1 Å². The Morgan fingerprint density at radius 3 is 2.79 bits per heavy atom. The van der Waals surface area contributed by atoms with Crippen LogP contribution in [0.2, 0.25) is 0 Å². The van der Waals surface area contributed by atoms with Crippen molar-refractivity contribution in [2.75, 3.05) is 46.4 Å². The maximum absolute atomic E-state index is 12.4. The molecule has 2 atom stereocenters. The Balaban J connectivity index is 1.79. The molecule has 0 radical (unpaired) electrons. The van der Waals surface area contributed by atoms with E-state index in [2.05, 4.69) is 10.2 Å². The lowest BCUT2D eigenvalue weighted by Crippen LogP contribution is -2.53. The number of hydrogen-bond acceptors (Lipinski definition) is 4. The van der Waals surface area contributed by atoms with Gasteiger partial charge in [-0.25, -0.2) is 0 Å². The summed E-state index contributed by atoms with van der Waals surface area (Å²) in [7, 11) is 1.90. The van der Waals surface area contributed by atoms with Gasteiger partial charge in [0.2, 0.25) is 5.91 Å². The number of likely N-dealkylation sites (N-methyl/N-ethyl adjacent to an activating group) is 1. The highest BCUT2D eigenvalue weighted by Gasteiger charge is 2.27. The molecule has 0 aromatic heterocycles. The Labute approximate surface area is 116 Å². The average molecular weight is 269 g/mol. The maximum atomic E-state index is 12.4. The van der Waals surface area contributed by atoms with Crippen molar-refractivity contribution >= 4 is 5.91 Å². The van der Waals surface area contributed by atoms with Crippen molar-refractivity contribution in [2.24, 2.45) is 0 Å². The molecule has 0 aromatic rings. The highest BCUT2D eigenvalue weighted by atomic mass is 16.5. The van der Waals surface area contributed by atoms with Crippen LogP contribution in [-0.2, 0) is 9.53 Å². The number of rotatable bonds is 4. The van der Waals surface area contributed by atoms with Crippen LogP contribution in [0.3, 0.4) is 0 Å². The van der Waals surface area contributed by atoms with Gasteiger partial charge in [0.05, 0.1) is 12.1 Å². The first-order valence-corrected chi connectivity index (χ1v) is 7.50. The lowest BCUT2D eigenvalue weighted by atomic mass is 10.1. The molecule has 5 nitrogen and oxygen atoms in total. The summed E-state index contributed by atoms with van der Waals surface area (Å²) in [6.45, 7) is 7.47. The monoisotopic (exact) mass is 269 g/mol. The van der Waals surface area contributed by atoms with Crippen molar-refractivity contribution in [3.63, 3.8) is 0 Å². The van der Waals surface area contributed by atoms with E-state index in [0.29, 0.717) is 0 Å². The lowest BCUT2D eigenvalue weighted by molar-refractivity contribution is -0.137. The van der Waals surface area contributed by atoms with Gasteiger partial charge in [-0.15, -0.1) is 0 Å². The zero-order chi connectivity index (χ0) is 13.7. The van der Waals surface area contributed by atoms with E-state index in [4.69, 9.17) is 4.74 Å². The SMILES string of the molecule is CC(C(=O)N(C)CC1CCCCO1)N1CCNCC1. The van der Waals surface area contributed by atoms with Gasteiger partial charge in [0.15, 0.2) is 0 Å². The first kappa shape index (κ1) is 14.8. The van der Waals surface area contributed by atoms with Crippen molar-refractivity contribution in [3.05, 3.63) is 0 Å². The minimum absolute atomic E-state index is 0.0179. The van der Waals surface area contributed by atoms with Crippen LogP contribution >= 0.6 is 0 Å². The van der Waals surface area contributed by atoms with Crippen molar-refractivity contribution in [1.82, 2.24) is 15.1 Å². The Morgan fingerprint density at radius 1 is 1.42 bits per heavy atom. The topological polar surface area (TPSA) is 44.8 Å². The Morgan fingerprint density at radius 2 is 2.16 bits per heavy atom. The number of ether oxygens (including phenoxy) is 1. The molecule has 0 saturated carbocycles. The van der Waals surface area contributed by atoms with Gasteiger partial charge in [-0.1, -0.05) is 0 Å². The summed E-state index contributed by atoms with van der Waals surface area (Å²) >= 11 is 0. The molecule has 5 heteroatoms. The van der Waals surface area contributed by atoms with E-state index < -0.39 is 0 Å². The molecule has 110 valence electrons. The summed E-state index contributed by atoms with van der Waals surface area (Å²) in [5, 5.41) is 3.32. The highest BCUT2D eigenvalue weighted by molar-refractivity contribution is 5.81. The molecular weight excluding hydrogens is 242 g/mol. The molecule has 2 aliphatic heterocycles. The van der Waals surface area contributed by atoms with Crippen molar-refractivity contribution in [3.8, 4) is 0 Å². The third-order valence-corrected chi connectivity index (χ3v) is 4.18. The molecule has 0 aliphatic carbocycles. The molecule has 0 aromatic carbocycles. The average Bonchev–Trinajstić information content (AvgIpc) is 2.47. The van der Waals surface area contributed by atoms with E-state index in [9.17, 15) is 4.79 Å². The minimum atomic E-state index is -0.0179. The van der Waals surface area contributed by atoms with Crippen molar-refractivity contribution < 1.29 is 9.53 Å². The summed E-state index contributed by atoms with van der Waals surface area (Å²) < 4.78 is 5.71. The van der Waals surface area contributed by atoms with Crippen LogP contribution < -0.4 is 5.32 Å². The molecule has 1 N–H and O–H groups in total. The largest absolute Gasteiger partial charge is 0.376 e. The van der Waals surface area contributed by atoms with Crippen molar-refractivity contribution in [1.29, 1.82) is 0 Å². The van der Waals surface area contributed by atoms with E-state index >= 15 is 0 Å². The van der Waals surface area contributed by atoms with Crippen LogP contribution in [0.4, 0.5) is 0 Å². The molecule has 2 rings (SSSR count). The standard InChI is InChI=1S/C14H27N3O2/c1-12(17-8-6-15-7-9-17)14(18)16(2)11-13-5-3-4-10-19-13/h12-13,15H,3-11H2,1-2H3. The van der Waals surface area contributed by atoms with Crippen LogP contribution in [0, 0.1) is 0 Å². The van der Waals surface area contributed by atoms with E-state index in [0.717, 1.165) is 52.2 Å². The van der Waals surface area contributed by atoms with E-state index in [1.807, 2.05) is 18.9 Å². The smallest absolute Gasteiger partial charge is 0.239 e. The maximum Gasteiger partial charge on any atom is 0.239 e. The minimum Gasteiger partial charge on any atom is -0.376 e.